The van der Waals surface area contributed by atoms with Crippen LogP contribution in [0.5, 0.6) is 0 Å². The van der Waals surface area contributed by atoms with Gasteiger partial charge in [-0.05, 0) is 34.5 Å². The first-order chi connectivity index (χ1) is 7.60. The average molecular weight is 286 g/mol. The van der Waals surface area contributed by atoms with E-state index in [0.717, 1.165) is 4.47 Å². The van der Waals surface area contributed by atoms with E-state index in [1.165, 1.54) is 13.3 Å². The number of hydrogen-bond donors (Lipinski definition) is 0. The Morgan fingerprint density at radius 3 is 2.62 bits per heavy atom. The molecule has 0 aliphatic heterocycles. The van der Waals surface area contributed by atoms with Crippen LogP contribution in [-0.2, 0) is 9.53 Å². The van der Waals surface area contributed by atoms with E-state index in [9.17, 15) is 9.59 Å². The van der Waals surface area contributed by atoms with Gasteiger partial charge in [-0.15, -0.1) is 0 Å². The summed E-state index contributed by atoms with van der Waals surface area (Å²) in [5.41, 5.74) is 0.278. The molecule has 0 amide bonds. The molecule has 0 aromatic carbocycles. The van der Waals surface area contributed by atoms with Crippen LogP contribution in [0, 0.1) is 5.92 Å². The highest BCUT2D eigenvalue weighted by Gasteiger charge is 2.27. The van der Waals surface area contributed by atoms with Gasteiger partial charge in [0.25, 0.3) is 0 Å². The van der Waals surface area contributed by atoms with Crippen molar-refractivity contribution < 1.29 is 14.3 Å². The normalized spacial score (nSPS) is 11.9. The lowest BCUT2D eigenvalue weighted by Crippen LogP contribution is -2.25. The van der Waals surface area contributed by atoms with E-state index in [4.69, 9.17) is 0 Å². The van der Waals surface area contributed by atoms with Crippen LogP contribution in [0.3, 0.4) is 0 Å². The van der Waals surface area contributed by atoms with Crippen LogP contribution in [0.15, 0.2) is 22.8 Å². The van der Waals surface area contributed by atoms with Gasteiger partial charge in [-0.3, -0.25) is 14.6 Å². The molecular weight excluding hydrogens is 274 g/mol. The van der Waals surface area contributed by atoms with Crippen LogP contribution < -0.4 is 0 Å². The van der Waals surface area contributed by atoms with Crippen molar-refractivity contribution in [1.82, 2.24) is 4.98 Å². The lowest BCUT2D eigenvalue weighted by atomic mass is 9.98. The Labute approximate surface area is 102 Å². The van der Waals surface area contributed by atoms with Gasteiger partial charge >= 0.3 is 5.97 Å². The first-order valence-electron chi connectivity index (χ1n) is 4.83. The summed E-state index contributed by atoms with van der Waals surface area (Å²) < 4.78 is 5.36. The van der Waals surface area contributed by atoms with E-state index in [1.54, 1.807) is 19.1 Å². The molecule has 1 aromatic heterocycles. The fourth-order valence-corrected chi connectivity index (χ4v) is 1.54. The third kappa shape index (κ3) is 2.88. The first kappa shape index (κ1) is 12.8. The van der Waals surface area contributed by atoms with E-state index in [1.807, 2.05) is 0 Å². The highest BCUT2D eigenvalue weighted by atomic mass is 79.9. The summed E-state index contributed by atoms with van der Waals surface area (Å²) >= 11 is 3.23. The Bertz CT molecular complexity index is 389. The van der Waals surface area contributed by atoms with Crippen molar-refractivity contribution in [3.8, 4) is 0 Å². The molecule has 0 aliphatic rings. The number of hydrogen-bond acceptors (Lipinski definition) is 4. The van der Waals surface area contributed by atoms with Crippen molar-refractivity contribution >= 4 is 27.7 Å². The number of rotatable bonds is 4. The quantitative estimate of drug-likeness (QED) is 0.484. The molecule has 0 radical (unpaired) electrons. The van der Waals surface area contributed by atoms with Gasteiger partial charge in [0.1, 0.15) is 11.6 Å². The lowest BCUT2D eigenvalue weighted by Gasteiger charge is -2.10. The van der Waals surface area contributed by atoms with Gasteiger partial charge in [0.05, 0.1) is 7.11 Å². The van der Waals surface area contributed by atoms with Crippen molar-refractivity contribution in [3.05, 3.63) is 28.5 Å². The molecule has 0 bridgehead atoms. The van der Waals surface area contributed by atoms with Crippen LogP contribution >= 0.6 is 15.9 Å². The Kier molecular flexibility index (Phi) is 4.61. The van der Waals surface area contributed by atoms with E-state index < -0.39 is 11.9 Å². The zero-order valence-corrected chi connectivity index (χ0v) is 10.7. The van der Waals surface area contributed by atoms with Crippen molar-refractivity contribution in [1.29, 1.82) is 0 Å². The minimum absolute atomic E-state index is 0.278. The molecular formula is C11H12BrNO3. The molecule has 86 valence electrons. The maximum Gasteiger partial charge on any atom is 0.316 e. The van der Waals surface area contributed by atoms with Crippen LogP contribution in [0.4, 0.5) is 0 Å². The van der Waals surface area contributed by atoms with Gasteiger partial charge in [0, 0.05) is 10.7 Å². The number of nitrogens with zero attached hydrogens (tertiary/aromatic N) is 1. The predicted octanol–water partition coefficient (Wildman–Crippen LogP) is 2.23. The molecule has 1 heterocycles. The summed E-state index contributed by atoms with van der Waals surface area (Å²) in [5, 5.41) is 0. The molecule has 16 heavy (non-hydrogen) atoms. The fraction of sp³-hybridized carbons (Fsp3) is 0.364. The maximum atomic E-state index is 11.9. The van der Waals surface area contributed by atoms with E-state index in [-0.39, 0.29) is 11.5 Å². The van der Waals surface area contributed by atoms with Crippen molar-refractivity contribution in [2.24, 2.45) is 5.92 Å². The summed E-state index contributed by atoms with van der Waals surface area (Å²) in [6.45, 7) is 1.76. The number of pyridine rings is 1. The van der Waals surface area contributed by atoms with Crippen LogP contribution in [0.25, 0.3) is 0 Å². The molecule has 0 saturated carbocycles. The highest BCUT2D eigenvalue weighted by molar-refractivity contribution is 9.10. The molecule has 1 aromatic rings. The van der Waals surface area contributed by atoms with Crippen LogP contribution in [0.1, 0.15) is 23.8 Å². The zero-order chi connectivity index (χ0) is 12.1. The number of halogens is 1. The minimum Gasteiger partial charge on any atom is -0.468 e. The smallest absolute Gasteiger partial charge is 0.316 e. The third-order valence-electron chi connectivity index (χ3n) is 2.19. The predicted molar refractivity (Wildman–Crippen MR) is 62.1 cm³/mol. The number of carbonyl (C=O) groups is 2. The van der Waals surface area contributed by atoms with Gasteiger partial charge in [0.15, 0.2) is 5.78 Å². The molecule has 0 spiro atoms. The van der Waals surface area contributed by atoms with Gasteiger partial charge < -0.3 is 4.74 Å². The Morgan fingerprint density at radius 1 is 1.50 bits per heavy atom. The summed E-state index contributed by atoms with van der Waals surface area (Å²) in [6.07, 6.45) is 1.93. The largest absolute Gasteiger partial charge is 0.468 e. The van der Waals surface area contributed by atoms with Crippen LogP contribution in [-0.4, -0.2) is 23.8 Å². The number of Topliss-reactive ketones (excluding diaryl/α,β-unsaturated/α-hetero) is 1. The molecule has 0 saturated heterocycles. The SMILES string of the molecule is CCC(C(=O)OC)C(=O)c1ccc(Br)cn1. The first-order valence-corrected chi connectivity index (χ1v) is 5.63. The Hall–Kier alpha value is -1.23. The van der Waals surface area contributed by atoms with Crippen molar-refractivity contribution in [2.45, 2.75) is 13.3 Å². The topological polar surface area (TPSA) is 56.3 Å². The molecule has 0 fully saturated rings. The van der Waals surface area contributed by atoms with E-state index in [0.29, 0.717) is 6.42 Å². The second-order valence-corrected chi connectivity index (χ2v) is 4.13. The number of esters is 1. The lowest BCUT2D eigenvalue weighted by molar-refractivity contribution is -0.143. The van der Waals surface area contributed by atoms with Crippen molar-refractivity contribution in [2.75, 3.05) is 7.11 Å². The number of aromatic nitrogens is 1. The minimum atomic E-state index is -0.765. The maximum absolute atomic E-state index is 11.9. The molecule has 1 unspecified atom stereocenters. The highest BCUT2D eigenvalue weighted by Crippen LogP contribution is 2.14. The standard InChI is InChI=1S/C11H12BrNO3/c1-3-8(11(15)16-2)10(14)9-5-4-7(12)6-13-9/h4-6,8H,3H2,1-2H3. The summed E-state index contributed by atoms with van der Waals surface area (Å²) in [7, 11) is 1.27. The second-order valence-electron chi connectivity index (χ2n) is 3.21. The number of ether oxygens (including phenoxy) is 1. The summed E-state index contributed by atoms with van der Waals surface area (Å²) in [5.74, 6) is -1.59. The number of methoxy groups -OCH3 is 1. The summed E-state index contributed by atoms with van der Waals surface area (Å²) in [4.78, 5) is 27.2. The molecule has 4 nitrogen and oxygen atoms in total. The van der Waals surface area contributed by atoms with Gasteiger partial charge in [-0.2, -0.15) is 0 Å². The zero-order valence-electron chi connectivity index (χ0n) is 9.07. The van der Waals surface area contributed by atoms with E-state index >= 15 is 0 Å². The van der Waals surface area contributed by atoms with Gasteiger partial charge in [-0.25, -0.2) is 0 Å². The number of carbonyl (C=O) groups excluding carboxylic acids is 2. The van der Waals surface area contributed by atoms with Crippen molar-refractivity contribution in [3.63, 3.8) is 0 Å². The third-order valence-corrected chi connectivity index (χ3v) is 2.66. The molecule has 0 N–H and O–H groups in total. The van der Waals surface area contributed by atoms with E-state index in [2.05, 4.69) is 25.7 Å². The Morgan fingerprint density at radius 2 is 2.19 bits per heavy atom. The average Bonchev–Trinajstić information content (AvgIpc) is 2.30. The van der Waals surface area contributed by atoms with Gasteiger partial charge in [0.2, 0.25) is 0 Å². The second kappa shape index (κ2) is 5.75. The number of ketones is 1. The molecule has 1 rings (SSSR count). The molecule has 1 atom stereocenters. The fourth-order valence-electron chi connectivity index (χ4n) is 1.30. The van der Waals surface area contributed by atoms with Gasteiger partial charge in [-0.1, -0.05) is 6.92 Å². The monoisotopic (exact) mass is 285 g/mol. The molecule has 5 heteroatoms. The Balaban J connectivity index is 2.91. The van der Waals surface area contributed by atoms with Crippen LogP contribution in [0.2, 0.25) is 0 Å². The molecule has 0 aliphatic carbocycles. The summed E-state index contributed by atoms with van der Waals surface area (Å²) in [6, 6.07) is 3.29.